The summed E-state index contributed by atoms with van der Waals surface area (Å²) in [5, 5.41) is 6.99. The third-order valence-electron chi connectivity index (χ3n) is 4.31. The van der Waals surface area contributed by atoms with E-state index < -0.39 is 5.97 Å². The molecule has 0 aliphatic carbocycles. The summed E-state index contributed by atoms with van der Waals surface area (Å²) in [5.74, 6) is -0.679. The van der Waals surface area contributed by atoms with Crippen molar-refractivity contribution in [1.82, 2.24) is 14.2 Å². The number of rotatable bonds is 5. The van der Waals surface area contributed by atoms with Crippen LogP contribution in [0.3, 0.4) is 0 Å². The number of anilines is 1. The summed E-state index contributed by atoms with van der Waals surface area (Å²) in [7, 11) is 0. The zero-order valence-electron chi connectivity index (χ0n) is 15.2. The number of fused-ring (bicyclic) bond motifs is 1. The number of hydrogen-bond donors (Lipinski definition) is 1. The monoisotopic (exact) mass is 374 g/mol. The van der Waals surface area contributed by atoms with Crippen molar-refractivity contribution in [2.24, 2.45) is 0 Å². The summed E-state index contributed by atoms with van der Waals surface area (Å²) < 4.78 is 8.57. The number of carbonyl (C=O) groups is 2. The molecular weight excluding hydrogens is 356 g/mol. The highest BCUT2D eigenvalue weighted by Crippen LogP contribution is 2.18. The van der Waals surface area contributed by atoms with Crippen molar-refractivity contribution in [3.05, 3.63) is 84.4 Å². The van der Waals surface area contributed by atoms with E-state index in [2.05, 4.69) is 10.4 Å². The lowest BCUT2D eigenvalue weighted by Gasteiger charge is -2.08. The van der Waals surface area contributed by atoms with Crippen LogP contribution in [0.1, 0.15) is 27.6 Å². The second kappa shape index (κ2) is 7.40. The van der Waals surface area contributed by atoms with Gasteiger partial charge in [-0.1, -0.05) is 0 Å². The van der Waals surface area contributed by atoms with Crippen LogP contribution in [-0.4, -0.2) is 32.7 Å². The number of nitrogens with zero attached hydrogens (tertiary/aromatic N) is 3. The number of ether oxygens (including phenoxy) is 1. The minimum atomic E-state index is -0.443. The van der Waals surface area contributed by atoms with Gasteiger partial charge in [0.1, 0.15) is 5.56 Å². The quantitative estimate of drug-likeness (QED) is 0.542. The fourth-order valence-corrected chi connectivity index (χ4v) is 2.92. The molecule has 1 aromatic carbocycles. The van der Waals surface area contributed by atoms with Crippen molar-refractivity contribution in [3.8, 4) is 5.69 Å². The molecule has 7 heteroatoms. The first-order chi connectivity index (χ1) is 13.7. The van der Waals surface area contributed by atoms with Gasteiger partial charge in [0.25, 0.3) is 5.91 Å². The van der Waals surface area contributed by atoms with E-state index in [9.17, 15) is 9.59 Å². The number of carbonyl (C=O) groups excluding carboxylic acids is 2. The summed E-state index contributed by atoms with van der Waals surface area (Å²) in [6.07, 6.45) is 7.02. The van der Waals surface area contributed by atoms with Crippen molar-refractivity contribution in [1.29, 1.82) is 0 Å². The largest absolute Gasteiger partial charge is 0.462 e. The Kier molecular flexibility index (Phi) is 4.63. The molecule has 0 bridgehead atoms. The van der Waals surface area contributed by atoms with Crippen LogP contribution < -0.4 is 5.32 Å². The molecule has 3 aromatic heterocycles. The molecule has 28 heavy (non-hydrogen) atoms. The highest BCUT2D eigenvalue weighted by Gasteiger charge is 2.15. The number of nitrogens with one attached hydrogen (secondary N) is 1. The molecule has 0 aliphatic heterocycles. The number of aromatic nitrogens is 3. The van der Waals surface area contributed by atoms with Crippen molar-refractivity contribution >= 4 is 23.1 Å². The van der Waals surface area contributed by atoms with Gasteiger partial charge in [0.2, 0.25) is 0 Å². The Labute approximate surface area is 161 Å². The van der Waals surface area contributed by atoms with Crippen LogP contribution in [0.5, 0.6) is 0 Å². The molecule has 3 heterocycles. The highest BCUT2D eigenvalue weighted by molar-refractivity contribution is 6.05. The van der Waals surface area contributed by atoms with Gasteiger partial charge < -0.3 is 14.6 Å². The molecule has 4 aromatic rings. The third-order valence-corrected chi connectivity index (χ3v) is 4.31. The van der Waals surface area contributed by atoms with Crippen molar-refractivity contribution in [2.75, 3.05) is 11.9 Å². The van der Waals surface area contributed by atoms with Crippen LogP contribution in [0.15, 0.2) is 73.3 Å². The molecule has 140 valence electrons. The molecule has 0 spiro atoms. The summed E-state index contributed by atoms with van der Waals surface area (Å²) in [6.45, 7) is 2.03. The van der Waals surface area contributed by atoms with E-state index in [4.69, 9.17) is 4.74 Å². The molecular formula is C21H18N4O3. The molecule has 0 atom stereocenters. The molecule has 4 rings (SSSR count). The Balaban J connectivity index is 1.55. The number of pyridine rings is 1. The SMILES string of the molecule is CCOC(=O)c1cnn2ccc(NC(=O)c3ccc(-n4cccc4)cc3)cc12. The average Bonchev–Trinajstić information content (AvgIpc) is 3.38. The van der Waals surface area contributed by atoms with Crippen LogP contribution in [-0.2, 0) is 4.74 Å². The fourth-order valence-electron chi connectivity index (χ4n) is 2.92. The van der Waals surface area contributed by atoms with Crippen LogP contribution in [0.4, 0.5) is 5.69 Å². The van der Waals surface area contributed by atoms with Gasteiger partial charge in [0, 0.05) is 35.5 Å². The van der Waals surface area contributed by atoms with Crippen LogP contribution >= 0.6 is 0 Å². The molecule has 1 amide bonds. The lowest BCUT2D eigenvalue weighted by atomic mass is 10.2. The van der Waals surface area contributed by atoms with E-state index in [1.165, 1.54) is 6.20 Å². The summed E-state index contributed by atoms with van der Waals surface area (Å²) in [4.78, 5) is 24.6. The lowest BCUT2D eigenvalue weighted by Crippen LogP contribution is -2.12. The highest BCUT2D eigenvalue weighted by atomic mass is 16.5. The van der Waals surface area contributed by atoms with Gasteiger partial charge in [0.15, 0.2) is 0 Å². The Morgan fingerprint density at radius 1 is 1.07 bits per heavy atom. The Morgan fingerprint density at radius 3 is 2.54 bits per heavy atom. The second-order valence-corrected chi connectivity index (χ2v) is 6.12. The molecule has 0 radical (unpaired) electrons. The number of benzene rings is 1. The Hall–Kier alpha value is -3.87. The van der Waals surface area contributed by atoms with E-state index in [0.29, 0.717) is 22.3 Å². The third kappa shape index (κ3) is 3.37. The second-order valence-electron chi connectivity index (χ2n) is 6.12. The smallest absolute Gasteiger partial charge is 0.341 e. The van der Waals surface area contributed by atoms with Gasteiger partial charge in [-0.05, 0) is 55.5 Å². The maximum Gasteiger partial charge on any atom is 0.341 e. The van der Waals surface area contributed by atoms with Crippen molar-refractivity contribution < 1.29 is 14.3 Å². The van der Waals surface area contributed by atoms with E-state index in [0.717, 1.165) is 5.69 Å². The minimum Gasteiger partial charge on any atom is -0.462 e. The normalized spacial score (nSPS) is 10.8. The maximum atomic E-state index is 12.6. The van der Waals surface area contributed by atoms with Gasteiger partial charge in [-0.25, -0.2) is 9.31 Å². The predicted octanol–water partition coefficient (Wildman–Crippen LogP) is 3.55. The molecule has 7 nitrogen and oxygen atoms in total. The molecule has 0 unspecified atom stereocenters. The average molecular weight is 374 g/mol. The lowest BCUT2D eigenvalue weighted by molar-refractivity contribution is 0.0528. The standard InChI is InChI=1S/C21H18N4O3/c1-2-28-21(27)18-14-22-25-12-9-16(13-19(18)25)23-20(26)15-5-7-17(8-6-15)24-10-3-4-11-24/h3-14H,2H2,1H3,(H,23,26). The topological polar surface area (TPSA) is 77.6 Å². The Bertz CT molecular complexity index is 1130. The zero-order valence-corrected chi connectivity index (χ0v) is 15.2. The molecule has 1 N–H and O–H groups in total. The van der Waals surface area contributed by atoms with Gasteiger partial charge in [-0.2, -0.15) is 5.10 Å². The fraction of sp³-hybridized carbons (Fsp3) is 0.0952. The molecule has 0 saturated carbocycles. The van der Waals surface area contributed by atoms with Gasteiger partial charge in [-0.15, -0.1) is 0 Å². The first-order valence-corrected chi connectivity index (χ1v) is 8.85. The predicted molar refractivity (Wildman–Crippen MR) is 105 cm³/mol. The van der Waals surface area contributed by atoms with E-state index in [-0.39, 0.29) is 12.5 Å². The summed E-state index contributed by atoms with van der Waals surface area (Å²) in [6, 6.07) is 14.6. The van der Waals surface area contributed by atoms with Crippen LogP contribution in [0, 0.1) is 0 Å². The van der Waals surface area contributed by atoms with Gasteiger partial charge >= 0.3 is 5.97 Å². The minimum absolute atomic E-state index is 0.236. The van der Waals surface area contributed by atoms with Gasteiger partial charge in [0.05, 0.1) is 18.3 Å². The molecule has 0 fully saturated rings. The summed E-state index contributed by atoms with van der Waals surface area (Å²) in [5.41, 5.74) is 3.00. The zero-order chi connectivity index (χ0) is 19.5. The van der Waals surface area contributed by atoms with Gasteiger partial charge in [-0.3, -0.25) is 4.79 Å². The van der Waals surface area contributed by atoms with E-state index in [1.807, 2.05) is 41.2 Å². The van der Waals surface area contributed by atoms with E-state index >= 15 is 0 Å². The molecule has 0 aliphatic rings. The van der Waals surface area contributed by atoms with Crippen LogP contribution in [0.25, 0.3) is 11.2 Å². The first-order valence-electron chi connectivity index (χ1n) is 8.85. The Morgan fingerprint density at radius 2 is 1.82 bits per heavy atom. The number of esters is 1. The number of amides is 1. The summed E-state index contributed by atoms with van der Waals surface area (Å²) >= 11 is 0. The molecule has 0 saturated heterocycles. The van der Waals surface area contributed by atoms with E-state index in [1.54, 1.807) is 41.9 Å². The first kappa shape index (κ1) is 17.5. The van der Waals surface area contributed by atoms with Crippen molar-refractivity contribution in [2.45, 2.75) is 6.92 Å². The maximum absolute atomic E-state index is 12.6. The van der Waals surface area contributed by atoms with Crippen molar-refractivity contribution in [3.63, 3.8) is 0 Å². The number of hydrogen-bond acceptors (Lipinski definition) is 4. The van der Waals surface area contributed by atoms with Crippen LogP contribution in [0.2, 0.25) is 0 Å².